The molecule has 0 radical (unpaired) electrons. The largest absolute Gasteiger partial charge is 0.371 e. The number of rotatable bonds is 6. The third kappa shape index (κ3) is 4.47. The SMILES string of the molecule is Cc1ccc(N2CCCC2)c(C(=O)N[C@H](C)CCN(C)C)c1. The van der Waals surface area contributed by atoms with Crippen LogP contribution in [0.15, 0.2) is 18.2 Å². The highest BCUT2D eigenvalue weighted by molar-refractivity contribution is 6.00. The van der Waals surface area contributed by atoms with Crippen molar-refractivity contribution in [1.29, 1.82) is 0 Å². The molecule has 1 atom stereocenters. The number of hydrogen-bond donors (Lipinski definition) is 1. The quantitative estimate of drug-likeness (QED) is 0.877. The highest BCUT2D eigenvalue weighted by Gasteiger charge is 2.20. The summed E-state index contributed by atoms with van der Waals surface area (Å²) in [5.74, 6) is 0.0526. The molecule has 0 aromatic heterocycles. The van der Waals surface area contributed by atoms with E-state index < -0.39 is 0 Å². The van der Waals surface area contributed by atoms with E-state index in [9.17, 15) is 4.79 Å². The van der Waals surface area contributed by atoms with E-state index in [0.717, 1.165) is 42.9 Å². The molecule has 1 amide bonds. The minimum atomic E-state index is 0.0526. The summed E-state index contributed by atoms with van der Waals surface area (Å²) in [4.78, 5) is 17.2. The standard InChI is InChI=1S/C18H29N3O/c1-14-7-8-17(21-10-5-6-11-21)16(13-14)18(22)19-15(2)9-12-20(3)4/h7-8,13,15H,5-6,9-12H2,1-4H3,(H,19,22)/t15-/m1/s1. The van der Waals surface area contributed by atoms with Gasteiger partial charge in [0.1, 0.15) is 0 Å². The van der Waals surface area contributed by atoms with E-state index in [4.69, 9.17) is 0 Å². The molecule has 122 valence electrons. The van der Waals surface area contributed by atoms with Gasteiger partial charge in [-0.3, -0.25) is 4.79 Å². The second-order valence-electron chi connectivity index (χ2n) is 6.68. The summed E-state index contributed by atoms with van der Waals surface area (Å²) >= 11 is 0. The van der Waals surface area contributed by atoms with Crippen LogP contribution in [0.3, 0.4) is 0 Å². The van der Waals surface area contributed by atoms with Gasteiger partial charge in [-0.05, 0) is 65.9 Å². The van der Waals surface area contributed by atoms with Gasteiger partial charge in [0.2, 0.25) is 0 Å². The van der Waals surface area contributed by atoms with E-state index in [1.54, 1.807) is 0 Å². The van der Waals surface area contributed by atoms with Gasteiger partial charge in [0.05, 0.1) is 5.56 Å². The number of nitrogens with one attached hydrogen (secondary N) is 1. The van der Waals surface area contributed by atoms with Crippen LogP contribution in [0.25, 0.3) is 0 Å². The minimum absolute atomic E-state index is 0.0526. The van der Waals surface area contributed by atoms with Crippen molar-refractivity contribution in [3.05, 3.63) is 29.3 Å². The van der Waals surface area contributed by atoms with Gasteiger partial charge in [-0.2, -0.15) is 0 Å². The van der Waals surface area contributed by atoms with Crippen LogP contribution < -0.4 is 10.2 Å². The lowest BCUT2D eigenvalue weighted by molar-refractivity contribution is 0.0937. The maximum atomic E-state index is 12.7. The summed E-state index contributed by atoms with van der Waals surface area (Å²) in [5.41, 5.74) is 3.04. The van der Waals surface area contributed by atoms with Gasteiger partial charge in [-0.15, -0.1) is 0 Å². The van der Waals surface area contributed by atoms with E-state index >= 15 is 0 Å². The Morgan fingerprint density at radius 3 is 2.64 bits per heavy atom. The average molecular weight is 303 g/mol. The zero-order valence-electron chi connectivity index (χ0n) is 14.4. The molecule has 0 spiro atoms. The molecular weight excluding hydrogens is 274 g/mol. The molecule has 0 aliphatic carbocycles. The van der Waals surface area contributed by atoms with Crippen LogP contribution in [0.2, 0.25) is 0 Å². The zero-order chi connectivity index (χ0) is 16.1. The average Bonchev–Trinajstić information content (AvgIpc) is 2.99. The molecule has 1 fully saturated rings. The predicted molar refractivity (Wildman–Crippen MR) is 92.7 cm³/mol. The molecule has 1 aromatic carbocycles. The Balaban J connectivity index is 2.09. The first-order chi connectivity index (χ1) is 10.5. The number of hydrogen-bond acceptors (Lipinski definition) is 3. The van der Waals surface area contributed by atoms with E-state index in [-0.39, 0.29) is 11.9 Å². The molecule has 0 unspecified atom stereocenters. The number of carbonyl (C=O) groups is 1. The van der Waals surface area contributed by atoms with Gasteiger partial charge < -0.3 is 15.1 Å². The van der Waals surface area contributed by atoms with Crippen molar-refractivity contribution in [2.75, 3.05) is 38.6 Å². The predicted octanol–water partition coefficient (Wildman–Crippen LogP) is 2.67. The molecule has 0 saturated carbocycles. The second kappa shape index (κ2) is 7.63. The Morgan fingerprint density at radius 1 is 1.32 bits per heavy atom. The molecule has 1 saturated heterocycles. The lowest BCUT2D eigenvalue weighted by Crippen LogP contribution is -2.35. The summed E-state index contributed by atoms with van der Waals surface area (Å²) in [6, 6.07) is 6.39. The van der Waals surface area contributed by atoms with E-state index in [1.807, 2.05) is 13.0 Å². The molecule has 4 heteroatoms. The van der Waals surface area contributed by atoms with Crippen LogP contribution in [0.1, 0.15) is 42.1 Å². The normalized spacial score (nSPS) is 16.1. The monoisotopic (exact) mass is 303 g/mol. The van der Waals surface area contributed by atoms with Crippen molar-refractivity contribution in [2.24, 2.45) is 0 Å². The first-order valence-corrected chi connectivity index (χ1v) is 8.28. The van der Waals surface area contributed by atoms with Gasteiger partial charge in [0.15, 0.2) is 0 Å². The number of benzene rings is 1. The number of anilines is 1. The molecule has 1 aliphatic heterocycles. The van der Waals surface area contributed by atoms with E-state index in [0.29, 0.717) is 0 Å². The first-order valence-electron chi connectivity index (χ1n) is 8.28. The fourth-order valence-corrected chi connectivity index (χ4v) is 2.89. The molecule has 1 aromatic rings. The van der Waals surface area contributed by atoms with Crippen molar-refractivity contribution < 1.29 is 4.79 Å². The summed E-state index contributed by atoms with van der Waals surface area (Å²) in [6.45, 7) is 7.21. The lowest BCUT2D eigenvalue weighted by atomic mass is 10.1. The number of aryl methyl sites for hydroxylation is 1. The van der Waals surface area contributed by atoms with Crippen LogP contribution >= 0.6 is 0 Å². The zero-order valence-corrected chi connectivity index (χ0v) is 14.4. The molecule has 22 heavy (non-hydrogen) atoms. The van der Waals surface area contributed by atoms with Crippen LogP contribution in [0, 0.1) is 6.92 Å². The summed E-state index contributed by atoms with van der Waals surface area (Å²) in [5, 5.41) is 3.15. The highest BCUT2D eigenvalue weighted by Crippen LogP contribution is 2.25. The van der Waals surface area contributed by atoms with Crippen molar-refractivity contribution >= 4 is 11.6 Å². The molecule has 1 heterocycles. The number of amides is 1. The summed E-state index contributed by atoms with van der Waals surface area (Å²) < 4.78 is 0. The van der Waals surface area contributed by atoms with Gasteiger partial charge in [-0.1, -0.05) is 11.6 Å². The maximum absolute atomic E-state index is 12.7. The van der Waals surface area contributed by atoms with E-state index in [1.165, 1.54) is 12.8 Å². The number of carbonyl (C=O) groups excluding carboxylic acids is 1. The summed E-state index contributed by atoms with van der Waals surface area (Å²) in [6.07, 6.45) is 3.39. The molecule has 2 rings (SSSR count). The van der Waals surface area contributed by atoms with Crippen molar-refractivity contribution in [2.45, 2.75) is 39.2 Å². The third-order valence-electron chi connectivity index (χ3n) is 4.23. The maximum Gasteiger partial charge on any atom is 0.253 e. The van der Waals surface area contributed by atoms with Crippen molar-refractivity contribution in [3.8, 4) is 0 Å². The van der Waals surface area contributed by atoms with Crippen molar-refractivity contribution in [3.63, 3.8) is 0 Å². The Bertz CT molecular complexity index is 507. The second-order valence-corrected chi connectivity index (χ2v) is 6.68. The smallest absolute Gasteiger partial charge is 0.253 e. The fraction of sp³-hybridized carbons (Fsp3) is 0.611. The molecular formula is C18H29N3O. The molecule has 1 N–H and O–H groups in total. The summed E-state index contributed by atoms with van der Waals surface area (Å²) in [7, 11) is 4.11. The minimum Gasteiger partial charge on any atom is -0.371 e. The van der Waals surface area contributed by atoms with E-state index in [2.05, 4.69) is 48.3 Å². The van der Waals surface area contributed by atoms with Gasteiger partial charge in [-0.25, -0.2) is 0 Å². The molecule has 4 nitrogen and oxygen atoms in total. The Hall–Kier alpha value is -1.55. The molecule has 1 aliphatic rings. The van der Waals surface area contributed by atoms with Crippen LogP contribution in [-0.4, -0.2) is 50.6 Å². The lowest BCUT2D eigenvalue weighted by Gasteiger charge is -2.23. The van der Waals surface area contributed by atoms with Crippen molar-refractivity contribution in [1.82, 2.24) is 10.2 Å². The Labute approximate surface area is 134 Å². The Morgan fingerprint density at radius 2 is 2.00 bits per heavy atom. The van der Waals surface area contributed by atoms with Crippen LogP contribution in [0.5, 0.6) is 0 Å². The van der Waals surface area contributed by atoms with Gasteiger partial charge in [0.25, 0.3) is 5.91 Å². The highest BCUT2D eigenvalue weighted by atomic mass is 16.1. The number of nitrogens with zero attached hydrogens (tertiary/aromatic N) is 2. The van der Waals surface area contributed by atoms with Gasteiger partial charge in [0, 0.05) is 24.8 Å². The van der Waals surface area contributed by atoms with Gasteiger partial charge >= 0.3 is 0 Å². The molecule has 0 bridgehead atoms. The topological polar surface area (TPSA) is 35.6 Å². The fourth-order valence-electron chi connectivity index (χ4n) is 2.89. The third-order valence-corrected chi connectivity index (χ3v) is 4.23. The van der Waals surface area contributed by atoms with Crippen LogP contribution in [-0.2, 0) is 0 Å². The van der Waals surface area contributed by atoms with Crippen LogP contribution in [0.4, 0.5) is 5.69 Å². The first kappa shape index (κ1) is 16.8. The Kier molecular flexibility index (Phi) is 5.83.